The number of aliphatic hydroxyl groups excluding tert-OH is 1. The van der Waals surface area contributed by atoms with Gasteiger partial charge in [0.25, 0.3) is 0 Å². The maximum atomic E-state index is 11.2. The molecule has 124 valence electrons. The summed E-state index contributed by atoms with van der Waals surface area (Å²) in [6.07, 6.45) is 5.62. The van der Waals surface area contributed by atoms with Crippen molar-refractivity contribution in [1.29, 1.82) is 0 Å². The zero-order chi connectivity index (χ0) is 16.4. The Kier molecular flexibility index (Phi) is 3.21. The van der Waals surface area contributed by atoms with Crippen molar-refractivity contribution in [3.8, 4) is 5.75 Å². The monoisotopic (exact) mass is 317 g/mol. The molecular formula is C18H23NO4. The molecule has 0 saturated heterocycles. The molecule has 3 aliphatic rings. The lowest BCUT2D eigenvalue weighted by atomic mass is 9.55. The second-order valence-electron chi connectivity index (χ2n) is 7.85. The summed E-state index contributed by atoms with van der Waals surface area (Å²) in [6.45, 7) is 2.22. The quantitative estimate of drug-likeness (QED) is 0.613. The highest BCUT2D eigenvalue weighted by Crippen LogP contribution is 2.61. The lowest BCUT2D eigenvalue weighted by Gasteiger charge is -2.50. The topological polar surface area (TPSA) is 83.6 Å². The first-order valence-corrected chi connectivity index (χ1v) is 8.60. The van der Waals surface area contributed by atoms with Gasteiger partial charge < -0.3 is 10.2 Å². The third-order valence-corrected chi connectivity index (χ3v) is 6.97. The van der Waals surface area contributed by atoms with E-state index >= 15 is 0 Å². The summed E-state index contributed by atoms with van der Waals surface area (Å²) in [5.74, 6) is 1.13. The van der Waals surface area contributed by atoms with Gasteiger partial charge in [0.15, 0.2) is 5.75 Å². The van der Waals surface area contributed by atoms with Gasteiger partial charge in [0.05, 0.1) is 11.0 Å². The Balaban J connectivity index is 1.74. The number of phenolic OH excluding ortho intramolecular Hbond substituents is 1. The van der Waals surface area contributed by atoms with E-state index in [4.69, 9.17) is 0 Å². The van der Waals surface area contributed by atoms with Gasteiger partial charge in [-0.05, 0) is 78.9 Å². The van der Waals surface area contributed by atoms with E-state index in [0.717, 1.165) is 49.7 Å². The van der Waals surface area contributed by atoms with E-state index in [2.05, 4.69) is 6.92 Å². The highest BCUT2D eigenvalue weighted by atomic mass is 16.6. The number of aliphatic hydroxyl groups is 1. The smallest absolute Gasteiger partial charge is 0.310 e. The molecule has 0 aliphatic heterocycles. The Bertz CT molecular complexity index is 673. The molecule has 0 bridgehead atoms. The van der Waals surface area contributed by atoms with Crippen molar-refractivity contribution in [3.05, 3.63) is 33.4 Å². The van der Waals surface area contributed by atoms with Crippen LogP contribution in [0.15, 0.2) is 12.1 Å². The van der Waals surface area contributed by atoms with E-state index in [-0.39, 0.29) is 23.0 Å². The highest BCUT2D eigenvalue weighted by Gasteiger charge is 2.54. The van der Waals surface area contributed by atoms with Crippen LogP contribution in [0, 0.1) is 27.4 Å². The molecule has 1 aromatic rings. The second-order valence-corrected chi connectivity index (χ2v) is 7.85. The molecule has 1 aromatic carbocycles. The number of benzene rings is 1. The summed E-state index contributed by atoms with van der Waals surface area (Å²) in [6, 6.07) is 3.20. The number of aromatic hydroxyl groups is 1. The molecule has 2 N–H and O–H groups in total. The van der Waals surface area contributed by atoms with E-state index < -0.39 is 4.92 Å². The lowest BCUT2D eigenvalue weighted by Crippen LogP contribution is -2.43. The van der Waals surface area contributed by atoms with Gasteiger partial charge in [-0.1, -0.05) is 6.92 Å². The first-order chi connectivity index (χ1) is 10.9. The number of nitrogens with zero attached hydrogens (tertiary/aromatic N) is 1. The fraction of sp³-hybridized carbons (Fsp3) is 0.667. The summed E-state index contributed by atoms with van der Waals surface area (Å²) < 4.78 is 0. The van der Waals surface area contributed by atoms with E-state index in [0.29, 0.717) is 17.8 Å². The van der Waals surface area contributed by atoms with Crippen LogP contribution in [0.4, 0.5) is 5.69 Å². The average Bonchev–Trinajstić information content (AvgIpc) is 2.81. The summed E-state index contributed by atoms with van der Waals surface area (Å²) in [5.41, 5.74) is 1.97. The first kappa shape index (κ1) is 14.9. The third-order valence-electron chi connectivity index (χ3n) is 6.97. The molecule has 3 aliphatic carbocycles. The van der Waals surface area contributed by atoms with Gasteiger partial charge in [-0.3, -0.25) is 10.1 Å². The van der Waals surface area contributed by atoms with Crippen molar-refractivity contribution in [3.63, 3.8) is 0 Å². The third kappa shape index (κ3) is 2.02. The van der Waals surface area contributed by atoms with Crippen molar-refractivity contribution in [2.45, 2.75) is 57.5 Å². The van der Waals surface area contributed by atoms with Crippen LogP contribution in [0.25, 0.3) is 0 Å². The van der Waals surface area contributed by atoms with E-state index in [9.17, 15) is 20.3 Å². The molecule has 0 amide bonds. The van der Waals surface area contributed by atoms with E-state index in [1.807, 2.05) is 0 Å². The van der Waals surface area contributed by atoms with Crippen molar-refractivity contribution in [2.75, 3.05) is 0 Å². The molecule has 4 rings (SSSR count). The van der Waals surface area contributed by atoms with Gasteiger partial charge in [-0.15, -0.1) is 0 Å². The number of fused-ring (bicyclic) bond motifs is 5. The number of aryl methyl sites for hydroxylation is 1. The average molecular weight is 317 g/mol. The highest BCUT2D eigenvalue weighted by molar-refractivity contribution is 5.53. The largest absolute Gasteiger partial charge is 0.502 e. The number of nitro benzene ring substituents is 1. The molecule has 5 unspecified atom stereocenters. The standard InChI is InChI=1S/C18H23NO4/c1-18-7-6-11-12(14(18)4-5-17(18)21)3-2-10-8-16(20)15(19(22)23)9-13(10)11/h8-9,11-12,14,17,20-21H,2-7H2,1H3. The van der Waals surface area contributed by atoms with Gasteiger partial charge in [0, 0.05) is 6.07 Å². The molecule has 2 fully saturated rings. The Morgan fingerprint density at radius 2 is 2.04 bits per heavy atom. The van der Waals surface area contributed by atoms with Crippen molar-refractivity contribution in [1.82, 2.24) is 0 Å². The molecule has 0 heterocycles. The summed E-state index contributed by atoms with van der Waals surface area (Å²) >= 11 is 0. The van der Waals surface area contributed by atoms with Crippen LogP contribution >= 0.6 is 0 Å². The van der Waals surface area contributed by atoms with Crippen LogP contribution in [0.3, 0.4) is 0 Å². The Labute approximate surface area is 135 Å². The fourth-order valence-electron chi connectivity index (χ4n) is 5.71. The summed E-state index contributed by atoms with van der Waals surface area (Å²) in [4.78, 5) is 10.7. The molecule has 0 aromatic heterocycles. The number of phenols is 1. The van der Waals surface area contributed by atoms with Gasteiger partial charge in [-0.2, -0.15) is 0 Å². The van der Waals surface area contributed by atoms with Crippen LogP contribution < -0.4 is 0 Å². The molecule has 5 atom stereocenters. The number of hydrogen-bond acceptors (Lipinski definition) is 4. The molecule has 23 heavy (non-hydrogen) atoms. The van der Waals surface area contributed by atoms with Gasteiger partial charge >= 0.3 is 5.69 Å². The summed E-state index contributed by atoms with van der Waals surface area (Å²) in [7, 11) is 0. The zero-order valence-electron chi connectivity index (χ0n) is 13.4. The van der Waals surface area contributed by atoms with Gasteiger partial charge in [-0.25, -0.2) is 0 Å². The first-order valence-electron chi connectivity index (χ1n) is 8.60. The van der Waals surface area contributed by atoms with Crippen LogP contribution in [0.1, 0.15) is 56.1 Å². The predicted molar refractivity (Wildman–Crippen MR) is 85.4 cm³/mol. The second kappa shape index (κ2) is 4.94. The Morgan fingerprint density at radius 1 is 1.26 bits per heavy atom. The van der Waals surface area contributed by atoms with Gasteiger partial charge in [0.2, 0.25) is 0 Å². The minimum Gasteiger partial charge on any atom is -0.502 e. The van der Waals surface area contributed by atoms with E-state index in [1.165, 1.54) is 0 Å². The normalized spacial score (nSPS) is 38.5. The maximum Gasteiger partial charge on any atom is 0.310 e. The molecule has 2 saturated carbocycles. The van der Waals surface area contributed by atoms with Crippen LogP contribution in [-0.4, -0.2) is 21.2 Å². The number of nitro groups is 1. The SMILES string of the molecule is CC12CCC3c4cc([N+](=O)[O-])c(O)cc4CCC3C1CCC2O. The van der Waals surface area contributed by atoms with Crippen LogP contribution in [-0.2, 0) is 6.42 Å². The Hall–Kier alpha value is -1.62. The molecule has 5 heteroatoms. The maximum absolute atomic E-state index is 11.2. The molecular weight excluding hydrogens is 294 g/mol. The number of hydrogen-bond donors (Lipinski definition) is 2. The molecule has 0 spiro atoms. The predicted octanol–water partition coefficient (Wildman–Crippen LogP) is 3.52. The minimum atomic E-state index is -0.495. The molecule has 0 radical (unpaired) electrons. The van der Waals surface area contributed by atoms with Crippen LogP contribution in [0.5, 0.6) is 5.75 Å². The zero-order valence-corrected chi connectivity index (χ0v) is 13.4. The van der Waals surface area contributed by atoms with E-state index in [1.54, 1.807) is 12.1 Å². The molecule has 5 nitrogen and oxygen atoms in total. The summed E-state index contributed by atoms with van der Waals surface area (Å²) in [5, 5.41) is 31.4. The number of rotatable bonds is 1. The Morgan fingerprint density at radius 3 is 2.78 bits per heavy atom. The van der Waals surface area contributed by atoms with Crippen LogP contribution in [0.2, 0.25) is 0 Å². The lowest BCUT2D eigenvalue weighted by molar-refractivity contribution is -0.386. The fourth-order valence-corrected chi connectivity index (χ4v) is 5.71. The van der Waals surface area contributed by atoms with Crippen molar-refractivity contribution in [2.24, 2.45) is 17.3 Å². The minimum absolute atomic E-state index is 0.0154. The van der Waals surface area contributed by atoms with Crippen molar-refractivity contribution < 1.29 is 15.1 Å². The van der Waals surface area contributed by atoms with Gasteiger partial charge in [0.1, 0.15) is 0 Å². The van der Waals surface area contributed by atoms with Crippen molar-refractivity contribution >= 4 is 5.69 Å².